The number of rotatable bonds is 8. The molecule has 4 rings (SSSR count). The van der Waals surface area contributed by atoms with Crippen LogP contribution >= 0.6 is 24.0 Å². The molecule has 1 amide bonds. The van der Waals surface area contributed by atoms with Gasteiger partial charge in [0.1, 0.15) is 5.82 Å². The molecule has 3 aromatic rings. The Bertz CT molecular complexity index is 1110. The van der Waals surface area contributed by atoms with Crippen LogP contribution in [0.4, 0.5) is 5.69 Å². The molecule has 3 N–H and O–H groups in total. The summed E-state index contributed by atoms with van der Waals surface area (Å²) in [5.74, 6) is 2.13. The van der Waals surface area contributed by atoms with Gasteiger partial charge in [-0.2, -0.15) is 0 Å². The van der Waals surface area contributed by atoms with Crippen LogP contribution < -0.4 is 16.0 Å². The fraction of sp³-hybridized carbons (Fsp3) is 0.400. The van der Waals surface area contributed by atoms with Crippen molar-refractivity contribution in [1.29, 1.82) is 0 Å². The van der Waals surface area contributed by atoms with E-state index in [2.05, 4.69) is 55.6 Å². The summed E-state index contributed by atoms with van der Waals surface area (Å²) in [4.78, 5) is 21.1. The number of aryl methyl sites for hydroxylation is 2. The van der Waals surface area contributed by atoms with E-state index in [1.165, 1.54) is 5.52 Å². The topological polar surface area (TPSA) is 83.3 Å². The molecule has 0 unspecified atom stereocenters. The zero-order valence-corrected chi connectivity index (χ0v) is 21.6. The number of hydrogen-bond acceptors (Lipinski definition) is 3. The first kappa shape index (κ1) is 25.0. The molecule has 1 saturated carbocycles. The lowest BCUT2D eigenvalue weighted by molar-refractivity contribution is -0.122. The van der Waals surface area contributed by atoms with E-state index >= 15 is 0 Å². The molecule has 0 spiro atoms. The van der Waals surface area contributed by atoms with Crippen LogP contribution in [0.2, 0.25) is 0 Å². The van der Waals surface area contributed by atoms with Crippen molar-refractivity contribution in [3.8, 4) is 0 Å². The number of guanidine groups is 1. The molecular formula is C25H33IN6O. The van der Waals surface area contributed by atoms with Crippen LogP contribution in [0, 0.1) is 12.8 Å². The van der Waals surface area contributed by atoms with Crippen LogP contribution in [0.3, 0.4) is 0 Å². The van der Waals surface area contributed by atoms with Crippen LogP contribution in [0.15, 0.2) is 53.5 Å². The van der Waals surface area contributed by atoms with Crippen molar-refractivity contribution in [1.82, 2.24) is 20.2 Å². The van der Waals surface area contributed by atoms with Gasteiger partial charge in [0.25, 0.3) is 0 Å². The van der Waals surface area contributed by atoms with Gasteiger partial charge >= 0.3 is 0 Å². The van der Waals surface area contributed by atoms with Crippen molar-refractivity contribution >= 4 is 52.6 Å². The lowest BCUT2D eigenvalue weighted by atomic mass is 9.85. The standard InChI is InChI=1S/C25H32N6O.HI/c1-18-29-22-12-3-4-13-23(22)31(18)15-7-14-27-25(26-2)28-17-19-8-5-11-21(16-19)30-24(32)20-9-6-10-20;/h3-5,8,11-13,16,20H,6-7,9-10,14-15,17H2,1-2H3,(H,30,32)(H2,26,27,28);1H. The fourth-order valence-electron chi connectivity index (χ4n) is 4.00. The average Bonchev–Trinajstić information content (AvgIpc) is 3.07. The van der Waals surface area contributed by atoms with Gasteiger partial charge < -0.3 is 20.5 Å². The number of fused-ring (bicyclic) bond motifs is 1. The zero-order chi connectivity index (χ0) is 22.3. The molecule has 33 heavy (non-hydrogen) atoms. The Balaban J connectivity index is 0.00000306. The van der Waals surface area contributed by atoms with Gasteiger partial charge in [-0.05, 0) is 56.0 Å². The van der Waals surface area contributed by atoms with E-state index in [0.717, 1.165) is 67.3 Å². The minimum Gasteiger partial charge on any atom is -0.356 e. The van der Waals surface area contributed by atoms with Crippen LogP contribution in [0.5, 0.6) is 0 Å². The maximum atomic E-state index is 12.2. The number of aromatic nitrogens is 2. The Labute approximate surface area is 212 Å². The highest BCUT2D eigenvalue weighted by atomic mass is 127. The van der Waals surface area contributed by atoms with E-state index in [1.807, 2.05) is 30.3 Å². The van der Waals surface area contributed by atoms with E-state index in [1.54, 1.807) is 7.05 Å². The lowest BCUT2D eigenvalue weighted by Crippen LogP contribution is -2.37. The molecule has 8 heteroatoms. The number of aliphatic imine (C=N–C) groups is 1. The maximum absolute atomic E-state index is 12.2. The molecule has 0 radical (unpaired) electrons. The quantitative estimate of drug-likeness (QED) is 0.165. The molecule has 0 aliphatic heterocycles. The highest BCUT2D eigenvalue weighted by molar-refractivity contribution is 14.0. The van der Waals surface area contributed by atoms with Crippen molar-refractivity contribution < 1.29 is 4.79 Å². The molecule has 1 aliphatic carbocycles. The Hall–Kier alpha value is -2.62. The minimum atomic E-state index is 0. The highest BCUT2D eigenvalue weighted by Gasteiger charge is 2.25. The third kappa shape index (κ3) is 6.46. The molecule has 1 aromatic heterocycles. The summed E-state index contributed by atoms with van der Waals surface area (Å²) in [7, 11) is 1.78. The molecular weight excluding hydrogens is 527 g/mol. The number of amides is 1. The van der Waals surface area contributed by atoms with Crippen molar-refractivity contribution in [3.63, 3.8) is 0 Å². The van der Waals surface area contributed by atoms with E-state index in [0.29, 0.717) is 6.54 Å². The van der Waals surface area contributed by atoms with Gasteiger partial charge in [0.05, 0.1) is 11.0 Å². The maximum Gasteiger partial charge on any atom is 0.227 e. The molecule has 0 bridgehead atoms. The lowest BCUT2D eigenvalue weighted by Gasteiger charge is -2.24. The molecule has 1 aliphatic rings. The molecule has 1 fully saturated rings. The second-order valence-corrected chi connectivity index (χ2v) is 8.32. The van der Waals surface area contributed by atoms with E-state index in [9.17, 15) is 4.79 Å². The fourth-order valence-corrected chi connectivity index (χ4v) is 4.00. The molecule has 7 nitrogen and oxygen atoms in total. The molecule has 0 saturated heterocycles. The zero-order valence-electron chi connectivity index (χ0n) is 19.3. The first-order valence-electron chi connectivity index (χ1n) is 11.4. The summed E-state index contributed by atoms with van der Waals surface area (Å²) in [6.45, 7) is 4.40. The average molecular weight is 560 g/mol. The number of anilines is 1. The SMILES string of the molecule is CN=C(NCCCn1c(C)nc2ccccc21)NCc1cccc(NC(=O)C2CCC2)c1.I. The summed E-state index contributed by atoms with van der Waals surface area (Å²) < 4.78 is 2.26. The van der Waals surface area contributed by atoms with Gasteiger partial charge in [0, 0.05) is 38.3 Å². The van der Waals surface area contributed by atoms with Crippen molar-refractivity contribution in [3.05, 3.63) is 59.9 Å². The van der Waals surface area contributed by atoms with Gasteiger partial charge in [-0.25, -0.2) is 4.98 Å². The summed E-state index contributed by atoms with van der Waals surface area (Å²) in [5, 5.41) is 9.77. The second-order valence-electron chi connectivity index (χ2n) is 8.32. The number of benzene rings is 2. The molecule has 1 heterocycles. The number of halogens is 1. The Morgan fingerprint density at radius 2 is 1.97 bits per heavy atom. The van der Waals surface area contributed by atoms with Crippen LogP contribution in [0.25, 0.3) is 11.0 Å². The summed E-state index contributed by atoms with van der Waals surface area (Å²) >= 11 is 0. The minimum absolute atomic E-state index is 0. The Morgan fingerprint density at radius 1 is 1.15 bits per heavy atom. The van der Waals surface area contributed by atoms with E-state index < -0.39 is 0 Å². The van der Waals surface area contributed by atoms with Crippen molar-refractivity contribution in [2.75, 3.05) is 18.9 Å². The number of para-hydroxylation sites is 2. The van der Waals surface area contributed by atoms with E-state index in [4.69, 9.17) is 0 Å². The van der Waals surface area contributed by atoms with Gasteiger partial charge in [-0.15, -0.1) is 24.0 Å². The third-order valence-electron chi connectivity index (χ3n) is 6.05. The van der Waals surface area contributed by atoms with Crippen LogP contribution in [-0.4, -0.2) is 35.0 Å². The highest BCUT2D eigenvalue weighted by Crippen LogP contribution is 2.27. The predicted molar refractivity (Wildman–Crippen MR) is 145 cm³/mol. The Kier molecular flexibility index (Phi) is 9.11. The first-order valence-corrected chi connectivity index (χ1v) is 11.4. The predicted octanol–water partition coefficient (Wildman–Crippen LogP) is 4.46. The number of nitrogens with one attached hydrogen (secondary N) is 3. The Morgan fingerprint density at radius 3 is 2.73 bits per heavy atom. The van der Waals surface area contributed by atoms with Crippen molar-refractivity contribution in [2.24, 2.45) is 10.9 Å². The van der Waals surface area contributed by atoms with Crippen molar-refractivity contribution in [2.45, 2.75) is 45.7 Å². The molecule has 2 aromatic carbocycles. The van der Waals surface area contributed by atoms with Gasteiger partial charge in [-0.3, -0.25) is 9.79 Å². The molecule has 176 valence electrons. The van der Waals surface area contributed by atoms with Gasteiger partial charge in [0.15, 0.2) is 5.96 Å². The monoisotopic (exact) mass is 560 g/mol. The van der Waals surface area contributed by atoms with Crippen LogP contribution in [0.1, 0.15) is 37.1 Å². The normalized spacial score (nSPS) is 13.8. The van der Waals surface area contributed by atoms with Crippen LogP contribution in [-0.2, 0) is 17.9 Å². The summed E-state index contributed by atoms with van der Waals surface area (Å²) in [5.41, 5.74) is 4.17. The largest absolute Gasteiger partial charge is 0.356 e. The number of imidazole rings is 1. The second kappa shape index (κ2) is 12.0. The summed E-state index contributed by atoms with van der Waals surface area (Å²) in [6.07, 6.45) is 4.13. The smallest absolute Gasteiger partial charge is 0.227 e. The van der Waals surface area contributed by atoms with Gasteiger partial charge in [-0.1, -0.05) is 30.7 Å². The first-order chi connectivity index (χ1) is 15.6. The third-order valence-corrected chi connectivity index (χ3v) is 6.05. The number of nitrogens with zero attached hydrogens (tertiary/aromatic N) is 3. The number of hydrogen-bond donors (Lipinski definition) is 3. The number of carbonyl (C=O) groups excluding carboxylic acids is 1. The van der Waals surface area contributed by atoms with E-state index in [-0.39, 0.29) is 35.8 Å². The summed E-state index contributed by atoms with van der Waals surface area (Å²) in [6, 6.07) is 16.2. The molecule has 0 atom stereocenters. The van der Waals surface area contributed by atoms with Gasteiger partial charge in [0.2, 0.25) is 5.91 Å². The number of carbonyl (C=O) groups is 1.